The van der Waals surface area contributed by atoms with E-state index in [1.807, 2.05) is 20.8 Å². The summed E-state index contributed by atoms with van der Waals surface area (Å²) < 4.78 is 0. The molecule has 0 aromatic heterocycles. The highest BCUT2D eigenvalue weighted by Crippen LogP contribution is 2.02. The van der Waals surface area contributed by atoms with Gasteiger partial charge in [0.1, 0.15) is 0 Å². The molecule has 0 aliphatic rings. The van der Waals surface area contributed by atoms with Gasteiger partial charge < -0.3 is 12.3 Å². The van der Waals surface area contributed by atoms with E-state index >= 15 is 0 Å². The summed E-state index contributed by atoms with van der Waals surface area (Å²) in [6, 6.07) is 0. The first-order valence-electron chi connectivity index (χ1n) is 6.21. The van der Waals surface area contributed by atoms with Crippen LogP contribution in [0, 0.1) is 5.92 Å². The Kier molecular flexibility index (Phi) is 139. The Labute approximate surface area is 106 Å². The van der Waals surface area contributed by atoms with Crippen LogP contribution >= 0.6 is 0 Å². The van der Waals surface area contributed by atoms with Crippen LogP contribution in [-0.2, 0) is 0 Å². The normalized spacial score (nSPS) is 6.06. The number of hydrogen-bond acceptors (Lipinski definition) is 2. The molecule has 6 N–H and O–H groups in total. The van der Waals surface area contributed by atoms with Crippen LogP contribution in [0.1, 0.15) is 74.7 Å². The average Bonchev–Trinajstić information content (AvgIpc) is 2.22. The minimum Gasteiger partial charge on any atom is -0.344 e. The lowest BCUT2D eigenvalue weighted by atomic mass is 10.1. The second-order valence-corrected chi connectivity index (χ2v) is 3.04. The van der Waals surface area contributed by atoms with Crippen LogP contribution in [0.3, 0.4) is 0 Å². The van der Waals surface area contributed by atoms with Crippen LogP contribution in [0.4, 0.5) is 0 Å². The van der Waals surface area contributed by atoms with Gasteiger partial charge in [0.15, 0.2) is 0 Å². The molecule has 0 heterocycles. The lowest BCUT2D eigenvalue weighted by molar-refractivity contribution is 0.544. The highest BCUT2D eigenvalue weighted by molar-refractivity contribution is 4.51. The van der Waals surface area contributed by atoms with E-state index < -0.39 is 0 Å². The van der Waals surface area contributed by atoms with Crippen molar-refractivity contribution in [3.63, 3.8) is 0 Å². The second kappa shape index (κ2) is 61.7. The molecule has 0 amide bonds. The SMILES string of the molecule is C=CC.CC.CCC.CCC(C)CC.N.N. The number of hydrogen-bond donors (Lipinski definition) is 2. The summed E-state index contributed by atoms with van der Waals surface area (Å²) >= 11 is 0. The van der Waals surface area contributed by atoms with Gasteiger partial charge in [0, 0.05) is 0 Å². The van der Waals surface area contributed by atoms with Gasteiger partial charge in [-0.25, -0.2) is 0 Å². The molecule has 0 saturated carbocycles. The van der Waals surface area contributed by atoms with Gasteiger partial charge in [-0.2, -0.15) is 0 Å². The molecule has 0 rings (SSSR count). The highest BCUT2D eigenvalue weighted by atomic mass is 14.0. The van der Waals surface area contributed by atoms with Crippen molar-refractivity contribution in [2.75, 3.05) is 0 Å². The van der Waals surface area contributed by atoms with Crippen molar-refractivity contribution in [2.45, 2.75) is 74.7 Å². The van der Waals surface area contributed by atoms with E-state index in [1.165, 1.54) is 19.3 Å². The van der Waals surface area contributed by atoms with Gasteiger partial charge in [0.05, 0.1) is 0 Å². The van der Waals surface area contributed by atoms with E-state index in [0.29, 0.717) is 0 Å². The molecular weight excluding hydrogens is 196 g/mol. The zero-order valence-corrected chi connectivity index (χ0v) is 13.4. The van der Waals surface area contributed by atoms with Gasteiger partial charge in [-0.15, -0.1) is 6.58 Å². The number of allylic oxidation sites excluding steroid dienone is 1. The fourth-order valence-electron chi connectivity index (χ4n) is 0.289. The summed E-state index contributed by atoms with van der Waals surface area (Å²) in [5.74, 6) is 0.935. The first kappa shape index (κ1) is 36.1. The van der Waals surface area contributed by atoms with Crippen molar-refractivity contribution in [2.24, 2.45) is 5.92 Å². The van der Waals surface area contributed by atoms with Crippen LogP contribution in [0.5, 0.6) is 0 Å². The molecule has 0 spiro atoms. The Morgan fingerprint density at radius 3 is 1.06 bits per heavy atom. The number of rotatable bonds is 2. The Balaban J connectivity index is -0.0000000220. The molecule has 0 fully saturated rings. The molecule has 2 nitrogen and oxygen atoms in total. The van der Waals surface area contributed by atoms with Crippen molar-refractivity contribution in [3.05, 3.63) is 12.7 Å². The molecule has 0 aromatic rings. The zero-order valence-electron chi connectivity index (χ0n) is 13.4. The maximum Gasteiger partial charge on any atom is -0.0448 e. The third-order valence-electron chi connectivity index (χ3n) is 1.39. The van der Waals surface area contributed by atoms with E-state index in [9.17, 15) is 0 Å². The summed E-state index contributed by atoms with van der Waals surface area (Å²) in [6.45, 7) is 20.2. The van der Waals surface area contributed by atoms with E-state index in [1.54, 1.807) is 6.08 Å². The van der Waals surface area contributed by atoms with Crippen LogP contribution in [0.2, 0.25) is 0 Å². The molecule has 0 aliphatic heterocycles. The molecule has 0 radical (unpaired) electrons. The van der Waals surface area contributed by atoms with Gasteiger partial charge >= 0.3 is 0 Å². The van der Waals surface area contributed by atoms with Crippen LogP contribution in [-0.4, -0.2) is 0 Å². The fraction of sp³-hybridized carbons (Fsp3) is 0.857. The predicted octanol–water partition coefficient (Wildman–Crippen LogP) is 6.40. The molecule has 0 atom stereocenters. The van der Waals surface area contributed by atoms with E-state index in [4.69, 9.17) is 0 Å². The van der Waals surface area contributed by atoms with Gasteiger partial charge in [-0.05, 0) is 12.8 Å². The third-order valence-corrected chi connectivity index (χ3v) is 1.39. The third kappa shape index (κ3) is 163. The quantitative estimate of drug-likeness (QED) is 0.544. The van der Waals surface area contributed by atoms with Crippen LogP contribution in [0.25, 0.3) is 0 Å². The summed E-state index contributed by atoms with van der Waals surface area (Å²) in [4.78, 5) is 0. The summed E-state index contributed by atoms with van der Waals surface area (Å²) in [7, 11) is 0. The Hall–Kier alpha value is -0.340. The molecule has 16 heavy (non-hydrogen) atoms. The van der Waals surface area contributed by atoms with Crippen LogP contribution < -0.4 is 12.3 Å². The van der Waals surface area contributed by atoms with Gasteiger partial charge in [-0.1, -0.05) is 73.8 Å². The lowest BCUT2D eigenvalue weighted by Crippen LogP contribution is -1.85. The van der Waals surface area contributed by atoms with Gasteiger partial charge in [-0.3, -0.25) is 0 Å². The van der Waals surface area contributed by atoms with Crippen molar-refractivity contribution in [1.82, 2.24) is 12.3 Å². The van der Waals surface area contributed by atoms with Crippen molar-refractivity contribution in [1.29, 1.82) is 0 Å². The van der Waals surface area contributed by atoms with E-state index in [0.717, 1.165) is 5.92 Å². The van der Waals surface area contributed by atoms with E-state index in [2.05, 4.69) is 41.2 Å². The fourth-order valence-corrected chi connectivity index (χ4v) is 0.289. The Bertz CT molecular complexity index is 59.8. The molecule has 2 heteroatoms. The van der Waals surface area contributed by atoms with Crippen molar-refractivity contribution >= 4 is 0 Å². The minimum atomic E-state index is 0. The zero-order chi connectivity index (χ0) is 12.4. The first-order valence-corrected chi connectivity index (χ1v) is 6.21. The summed E-state index contributed by atoms with van der Waals surface area (Å²) in [6.07, 6.45) is 5.66. The van der Waals surface area contributed by atoms with Crippen molar-refractivity contribution < 1.29 is 0 Å². The predicted molar refractivity (Wildman–Crippen MR) is 83.0 cm³/mol. The molecular formula is C14H40N2. The second-order valence-electron chi connectivity index (χ2n) is 3.04. The topological polar surface area (TPSA) is 70.0 Å². The summed E-state index contributed by atoms with van der Waals surface area (Å²) in [5, 5.41) is 0. The first-order chi connectivity index (χ1) is 6.64. The Morgan fingerprint density at radius 2 is 1.06 bits per heavy atom. The standard InChI is InChI=1S/C6H14.C3H8.C3H6.C2H6.2H3N/c1-4-6(3)5-2;2*1-3-2;1-2;;/h6H,4-5H2,1-3H3;3H2,1-2H3;3H,1H2,2H3;1-2H3;2*1H3. The monoisotopic (exact) mass is 236 g/mol. The van der Waals surface area contributed by atoms with Crippen molar-refractivity contribution in [3.8, 4) is 0 Å². The molecule has 0 bridgehead atoms. The highest BCUT2D eigenvalue weighted by Gasteiger charge is 1.88. The molecule has 0 aliphatic carbocycles. The smallest absolute Gasteiger partial charge is 0.0448 e. The minimum absolute atomic E-state index is 0. The van der Waals surface area contributed by atoms with E-state index in [-0.39, 0.29) is 12.3 Å². The average molecular weight is 236 g/mol. The maximum absolute atomic E-state index is 3.36. The largest absolute Gasteiger partial charge is 0.344 e. The van der Waals surface area contributed by atoms with Gasteiger partial charge in [0.25, 0.3) is 0 Å². The lowest BCUT2D eigenvalue weighted by Gasteiger charge is -1.98. The Morgan fingerprint density at radius 1 is 0.938 bits per heavy atom. The van der Waals surface area contributed by atoms with Gasteiger partial charge in [0.2, 0.25) is 0 Å². The van der Waals surface area contributed by atoms with Crippen LogP contribution in [0.15, 0.2) is 12.7 Å². The maximum atomic E-state index is 3.36. The molecule has 0 saturated heterocycles. The molecule has 0 aromatic carbocycles. The summed E-state index contributed by atoms with van der Waals surface area (Å²) in [5.41, 5.74) is 0. The molecule has 106 valence electrons. The molecule has 0 unspecified atom stereocenters.